The van der Waals surface area contributed by atoms with Crippen LogP contribution in [0.15, 0.2) is 58.3 Å². The second kappa shape index (κ2) is 8.49. The summed E-state index contributed by atoms with van der Waals surface area (Å²) in [6.07, 6.45) is 5.13. The van der Waals surface area contributed by atoms with E-state index < -0.39 is 0 Å². The van der Waals surface area contributed by atoms with E-state index in [1.165, 1.54) is 5.56 Å². The van der Waals surface area contributed by atoms with Crippen molar-refractivity contribution in [2.24, 2.45) is 5.10 Å². The zero-order chi connectivity index (χ0) is 21.0. The highest BCUT2D eigenvalue weighted by Crippen LogP contribution is 2.30. The molecular weight excluding hydrogens is 394 g/mol. The molecule has 0 atom stereocenters. The number of aryl methyl sites for hydroxylation is 1. The minimum Gasteiger partial charge on any atom is -0.417 e. The standard InChI is InChI=1S/C22H21N7O2/c1-15-3-2-4-16(13-15)14-24-28-22-26-19(29-9-11-30-12-10-29)18-21(27-22)31-20(25-18)17-5-7-23-8-6-17/h2-8,13-14H,9-12H2,1H3,(H,26,27,28)/b24-14+. The van der Waals surface area contributed by atoms with Gasteiger partial charge < -0.3 is 14.1 Å². The van der Waals surface area contributed by atoms with Crippen LogP contribution in [0.1, 0.15) is 11.1 Å². The van der Waals surface area contributed by atoms with Gasteiger partial charge in [-0.15, -0.1) is 0 Å². The summed E-state index contributed by atoms with van der Waals surface area (Å²) in [5.74, 6) is 1.52. The first-order valence-electron chi connectivity index (χ1n) is 10.0. The van der Waals surface area contributed by atoms with Gasteiger partial charge in [0.1, 0.15) is 0 Å². The van der Waals surface area contributed by atoms with Gasteiger partial charge >= 0.3 is 0 Å². The number of oxazole rings is 1. The van der Waals surface area contributed by atoms with Gasteiger partial charge in [0.05, 0.1) is 19.4 Å². The van der Waals surface area contributed by atoms with Crippen LogP contribution in [0.3, 0.4) is 0 Å². The molecule has 0 amide bonds. The van der Waals surface area contributed by atoms with Crippen molar-refractivity contribution in [1.29, 1.82) is 0 Å². The summed E-state index contributed by atoms with van der Waals surface area (Å²) in [5.41, 5.74) is 6.92. The molecule has 3 aromatic heterocycles. The number of morpholine rings is 1. The number of nitrogens with one attached hydrogen (secondary N) is 1. The summed E-state index contributed by atoms with van der Waals surface area (Å²) in [4.78, 5) is 20.0. The van der Waals surface area contributed by atoms with Gasteiger partial charge in [-0.3, -0.25) is 4.98 Å². The van der Waals surface area contributed by atoms with Gasteiger partial charge in [0, 0.05) is 31.0 Å². The predicted molar refractivity (Wildman–Crippen MR) is 118 cm³/mol. The van der Waals surface area contributed by atoms with E-state index in [0.29, 0.717) is 42.1 Å². The van der Waals surface area contributed by atoms with Gasteiger partial charge in [-0.2, -0.15) is 15.1 Å². The molecule has 0 saturated carbocycles. The minimum atomic E-state index is 0.343. The Morgan fingerprint density at radius 3 is 2.71 bits per heavy atom. The maximum atomic E-state index is 5.97. The van der Waals surface area contributed by atoms with E-state index in [9.17, 15) is 0 Å². The summed E-state index contributed by atoms with van der Waals surface area (Å²) >= 11 is 0. The smallest absolute Gasteiger partial charge is 0.254 e. The Bertz CT molecular complexity index is 1220. The van der Waals surface area contributed by atoms with E-state index in [1.54, 1.807) is 18.6 Å². The zero-order valence-corrected chi connectivity index (χ0v) is 17.0. The fraction of sp³-hybridized carbons (Fsp3) is 0.227. The van der Waals surface area contributed by atoms with E-state index in [2.05, 4.69) is 35.4 Å². The number of benzene rings is 1. The summed E-state index contributed by atoms with van der Waals surface area (Å²) in [6, 6.07) is 11.8. The Kier molecular flexibility index (Phi) is 5.24. The second-order valence-corrected chi connectivity index (χ2v) is 7.16. The van der Waals surface area contributed by atoms with Crippen molar-refractivity contribution in [3.8, 4) is 11.5 Å². The molecule has 0 bridgehead atoms. The van der Waals surface area contributed by atoms with Crippen molar-refractivity contribution >= 4 is 29.2 Å². The molecule has 4 aromatic rings. The third kappa shape index (κ3) is 4.22. The molecule has 1 fully saturated rings. The van der Waals surface area contributed by atoms with Gasteiger partial charge in [-0.05, 0) is 24.6 Å². The summed E-state index contributed by atoms with van der Waals surface area (Å²) in [6.45, 7) is 4.75. The van der Waals surface area contributed by atoms with Crippen molar-refractivity contribution in [2.45, 2.75) is 6.92 Å². The third-order valence-corrected chi connectivity index (χ3v) is 4.90. The first-order valence-corrected chi connectivity index (χ1v) is 10.0. The molecule has 9 nitrogen and oxygen atoms in total. The molecule has 5 rings (SSSR count). The van der Waals surface area contributed by atoms with Crippen LogP contribution < -0.4 is 10.3 Å². The zero-order valence-electron chi connectivity index (χ0n) is 17.0. The number of nitrogens with zero attached hydrogens (tertiary/aromatic N) is 6. The van der Waals surface area contributed by atoms with Crippen LogP contribution >= 0.6 is 0 Å². The minimum absolute atomic E-state index is 0.343. The SMILES string of the molecule is Cc1cccc(/C=N/Nc2nc(N3CCOCC3)c3nc(-c4ccncc4)oc3n2)c1. The Morgan fingerprint density at radius 1 is 1.06 bits per heavy atom. The molecule has 1 aromatic carbocycles. The van der Waals surface area contributed by atoms with Crippen LogP contribution in [-0.2, 0) is 4.74 Å². The lowest BCUT2D eigenvalue weighted by Crippen LogP contribution is -2.37. The average molecular weight is 415 g/mol. The number of ether oxygens (including phenoxy) is 1. The van der Waals surface area contributed by atoms with Gasteiger partial charge in [-0.1, -0.05) is 29.8 Å². The van der Waals surface area contributed by atoms with Gasteiger partial charge in [0.25, 0.3) is 5.71 Å². The lowest BCUT2D eigenvalue weighted by atomic mass is 10.2. The second-order valence-electron chi connectivity index (χ2n) is 7.16. The molecule has 4 heterocycles. The molecule has 1 aliphatic rings. The number of hydrogen-bond acceptors (Lipinski definition) is 9. The summed E-state index contributed by atoms with van der Waals surface area (Å²) < 4.78 is 11.5. The monoisotopic (exact) mass is 415 g/mol. The maximum absolute atomic E-state index is 5.97. The number of pyridine rings is 1. The average Bonchev–Trinajstić information content (AvgIpc) is 3.24. The molecule has 31 heavy (non-hydrogen) atoms. The number of fused-ring (bicyclic) bond motifs is 1. The number of hydrogen-bond donors (Lipinski definition) is 1. The molecule has 1 N–H and O–H groups in total. The molecule has 0 aliphatic carbocycles. The van der Waals surface area contributed by atoms with Crippen LogP contribution in [0.5, 0.6) is 0 Å². The van der Waals surface area contributed by atoms with E-state index >= 15 is 0 Å². The third-order valence-electron chi connectivity index (χ3n) is 4.90. The van der Waals surface area contributed by atoms with Crippen LogP contribution in [-0.4, -0.2) is 52.5 Å². The first-order chi connectivity index (χ1) is 15.3. The van der Waals surface area contributed by atoms with Crippen LogP contribution in [0.25, 0.3) is 22.7 Å². The fourth-order valence-corrected chi connectivity index (χ4v) is 3.39. The Balaban J connectivity index is 1.50. The molecular formula is C22H21N7O2. The van der Waals surface area contributed by atoms with Gasteiger partial charge in [0.15, 0.2) is 11.3 Å². The van der Waals surface area contributed by atoms with Gasteiger partial charge in [-0.25, -0.2) is 10.4 Å². The van der Waals surface area contributed by atoms with Crippen LogP contribution in [0.2, 0.25) is 0 Å². The highest BCUT2D eigenvalue weighted by Gasteiger charge is 2.22. The quantitative estimate of drug-likeness (QED) is 0.391. The van der Waals surface area contributed by atoms with E-state index in [4.69, 9.17) is 9.15 Å². The molecule has 0 spiro atoms. The maximum Gasteiger partial charge on any atom is 0.254 e. The Hall–Kier alpha value is -3.85. The number of hydrazone groups is 1. The van der Waals surface area contributed by atoms with E-state index in [-0.39, 0.29) is 0 Å². The fourth-order valence-electron chi connectivity index (χ4n) is 3.39. The Morgan fingerprint density at radius 2 is 1.90 bits per heavy atom. The molecule has 156 valence electrons. The molecule has 9 heteroatoms. The molecule has 1 saturated heterocycles. The first kappa shape index (κ1) is 19.1. The van der Waals surface area contributed by atoms with Crippen molar-refractivity contribution < 1.29 is 9.15 Å². The summed E-state index contributed by atoms with van der Waals surface area (Å²) in [7, 11) is 0. The lowest BCUT2D eigenvalue weighted by molar-refractivity contribution is 0.122. The summed E-state index contributed by atoms with van der Waals surface area (Å²) in [5, 5.41) is 4.30. The van der Waals surface area contributed by atoms with Crippen molar-refractivity contribution in [3.63, 3.8) is 0 Å². The van der Waals surface area contributed by atoms with Crippen molar-refractivity contribution in [1.82, 2.24) is 19.9 Å². The van der Waals surface area contributed by atoms with Crippen LogP contribution in [0.4, 0.5) is 11.8 Å². The Labute approximate surface area is 178 Å². The highest BCUT2D eigenvalue weighted by atomic mass is 16.5. The molecule has 0 unspecified atom stereocenters. The molecule has 1 aliphatic heterocycles. The highest BCUT2D eigenvalue weighted by molar-refractivity contribution is 5.85. The van der Waals surface area contributed by atoms with E-state index in [0.717, 1.165) is 24.2 Å². The predicted octanol–water partition coefficient (Wildman–Crippen LogP) is 3.27. The van der Waals surface area contributed by atoms with Crippen molar-refractivity contribution in [3.05, 3.63) is 59.9 Å². The normalized spacial score (nSPS) is 14.4. The number of aromatic nitrogens is 4. The van der Waals surface area contributed by atoms with E-state index in [1.807, 2.05) is 43.3 Å². The number of rotatable bonds is 5. The van der Waals surface area contributed by atoms with Gasteiger partial charge in [0.2, 0.25) is 11.8 Å². The van der Waals surface area contributed by atoms with Crippen molar-refractivity contribution in [2.75, 3.05) is 36.6 Å². The number of anilines is 2. The van der Waals surface area contributed by atoms with Crippen LogP contribution in [0, 0.1) is 6.92 Å². The molecule has 0 radical (unpaired) electrons. The topological polar surface area (TPSA) is 102 Å². The lowest BCUT2D eigenvalue weighted by Gasteiger charge is -2.27. The largest absolute Gasteiger partial charge is 0.417 e.